The van der Waals surface area contributed by atoms with Gasteiger partial charge in [0, 0.05) is 24.2 Å². The number of hydrogen-bond donors (Lipinski definition) is 2. The second-order valence-electron chi connectivity index (χ2n) is 6.11. The fourth-order valence-corrected chi connectivity index (χ4v) is 2.40. The number of hydrogen-bond acceptors (Lipinski definition) is 3. The predicted molar refractivity (Wildman–Crippen MR) is 76.5 cm³/mol. The molecule has 3 heteroatoms. The number of benzene rings is 1. The molecule has 0 aliphatic heterocycles. The van der Waals surface area contributed by atoms with Gasteiger partial charge in [-0.25, -0.2) is 0 Å². The minimum absolute atomic E-state index is 0.154. The third-order valence-corrected chi connectivity index (χ3v) is 4.25. The van der Waals surface area contributed by atoms with Crippen molar-refractivity contribution >= 4 is 0 Å². The summed E-state index contributed by atoms with van der Waals surface area (Å²) in [6.45, 7) is 5.47. The Kier molecular flexibility index (Phi) is 3.76. The van der Waals surface area contributed by atoms with Crippen molar-refractivity contribution in [3.05, 3.63) is 35.4 Å². The van der Waals surface area contributed by atoms with Crippen LogP contribution in [0.3, 0.4) is 0 Å². The van der Waals surface area contributed by atoms with E-state index in [9.17, 15) is 0 Å². The van der Waals surface area contributed by atoms with Crippen LogP contribution < -0.4 is 11.1 Å². The van der Waals surface area contributed by atoms with E-state index in [1.54, 1.807) is 0 Å². The van der Waals surface area contributed by atoms with Crippen LogP contribution in [0.1, 0.15) is 43.5 Å². The molecule has 0 amide bonds. The summed E-state index contributed by atoms with van der Waals surface area (Å²) in [5, 5.41) is 3.67. The van der Waals surface area contributed by atoms with Crippen LogP contribution in [-0.4, -0.2) is 31.1 Å². The van der Waals surface area contributed by atoms with Gasteiger partial charge < -0.3 is 16.0 Å². The summed E-state index contributed by atoms with van der Waals surface area (Å²) in [6, 6.07) is 9.10. The fraction of sp³-hybridized carbons (Fsp3) is 0.600. The Morgan fingerprint density at radius 1 is 1.28 bits per heavy atom. The van der Waals surface area contributed by atoms with Gasteiger partial charge in [-0.05, 0) is 45.5 Å². The smallest absolute Gasteiger partial charge is 0.0342 e. The summed E-state index contributed by atoms with van der Waals surface area (Å²) >= 11 is 0. The Morgan fingerprint density at radius 3 is 2.50 bits per heavy atom. The number of nitrogens with zero attached hydrogens (tertiary/aromatic N) is 1. The van der Waals surface area contributed by atoms with Crippen molar-refractivity contribution < 1.29 is 0 Å². The first-order valence-electron chi connectivity index (χ1n) is 6.67. The molecular weight excluding hydrogens is 222 g/mol. The maximum atomic E-state index is 6.19. The zero-order chi connectivity index (χ0) is 13.3. The van der Waals surface area contributed by atoms with Crippen molar-refractivity contribution in [3.63, 3.8) is 0 Å². The van der Waals surface area contributed by atoms with Crippen LogP contribution in [0.5, 0.6) is 0 Å². The molecule has 1 aromatic rings. The molecule has 1 aromatic carbocycles. The SMILES string of the molecule is CN(C)C(C)(C)CNC1CC(N)c2ccccc21. The molecule has 100 valence electrons. The molecule has 0 saturated carbocycles. The minimum atomic E-state index is 0.154. The molecule has 0 fully saturated rings. The van der Waals surface area contributed by atoms with Gasteiger partial charge in [-0.3, -0.25) is 0 Å². The van der Waals surface area contributed by atoms with Crippen LogP contribution in [0.15, 0.2) is 24.3 Å². The van der Waals surface area contributed by atoms with Crippen LogP contribution in [0.4, 0.5) is 0 Å². The highest BCUT2D eigenvalue weighted by Gasteiger charge is 2.29. The van der Waals surface area contributed by atoms with Gasteiger partial charge in [0.25, 0.3) is 0 Å². The van der Waals surface area contributed by atoms with Gasteiger partial charge in [-0.15, -0.1) is 0 Å². The molecule has 1 aliphatic rings. The molecule has 2 atom stereocenters. The molecule has 2 unspecified atom stereocenters. The first-order valence-corrected chi connectivity index (χ1v) is 6.67. The summed E-state index contributed by atoms with van der Waals surface area (Å²) in [4.78, 5) is 2.25. The van der Waals surface area contributed by atoms with Gasteiger partial charge in [0.15, 0.2) is 0 Å². The first kappa shape index (κ1) is 13.5. The van der Waals surface area contributed by atoms with Gasteiger partial charge in [0.05, 0.1) is 0 Å². The average molecular weight is 247 g/mol. The number of nitrogens with two attached hydrogens (primary N) is 1. The molecular formula is C15H25N3. The van der Waals surface area contributed by atoms with Gasteiger partial charge in [-0.2, -0.15) is 0 Å². The largest absolute Gasteiger partial charge is 0.324 e. The van der Waals surface area contributed by atoms with Gasteiger partial charge in [-0.1, -0.05) is 24.3 Å². The fourth-order valence-electron chi connectivity index (χ4n) is 2.40. The number of fused-ring (bicyclic) bond motifs is 1. The minimum Gasteiger partial charge on any atom is -0.324 e. The summed E-state index contributed by atoms with van der Waals surface area (Å²) in [5.41, 5.74) is 9.02. The molecule has 0 heterocycles. The standard InChI is InChI=1S/C15H25N3/c1-15(2,18(3)4)10-17-14-9-13(16)11-7-5-6-8-12(11)14/h5-8,13-14,17H,9-10,16H2,1-4H3. The third kappa shape index (κ3) is 2.58. The van der Waals surface area contributed by atoms with Crippen LogP contribution in [0.2, 0.25) is 0 Å². The molecule has 0 saturated heterocycles. The Labute approximate surface area is 110 Å². The Bertz CT molecular complexity index is 412. The summed E-state index contributed by atoms with van der Waals surface area (Å²) in [6.07, 6.45) is 1.00. The molecule has 0 radical (unpaired) electrons. The van der Waals surface area contributed by atoms with Crippen molar-refractivity contribution in [1.29, 1.82) is 0 Å². The monoisotopic (exact) mass is 247 g/mol. The van der Waals surface area contributed by atoms with Crippen molar-refractivity contribution in [1.82, 2.24) is 10.2 Å². The van der Waals surface area contributed by atoms with E-state index in [-0.39, 0.29) is 11.6 Å². The van der Waals surface area contributed by atoms with Crippen molar-refractivity contribution in [3.8, 4) is 0 Å². The first-order chi connectivity index (χ1) is 8.42. The van der Waals surface area contributed by atoms with Gasteiger partial charge in [0.1, 0.15) is 0 Å². The Hall–Kier alpha value is -0.900. The summed E-state index contributed by atoms with van der Waals surface area (Å²) in [7, 11) is 4.24. The van der Waals surface area contributed by atoms with Crippen molar-refractivity contribution in [2.75, 3.05) is 20.6 Å². The van der Waals surface area contributed by atoms with Crippen molar-refractivity contribution in [2.24, 2.45) is 5.73 Å². The van der Waals surface area contributed by atoms with E-state index in [1.807, 2.05) is 0 Å². The maximum absolute atomic E-state index is 6.19. The lowest BCUT2D eigenvalue weighted by Gasteiger charge is -2.34. The summed E-state index contributed by atoms with van der Waals surface area (Å²) in [5.74, 6) is 0. The topological polar surface area (TPSA) is 41.3 Å². The lowest BCUT2D eigenvalue weighted by atomic mass is 10.0. The third-order valence-electron chi connectivity index (χ3n) is 4.25. The van der Waals surface area contributed by atoms with Crippen LogP contribution >= 0.6 is 0 Å². The molecule has 1 aliphatic carbocycles. The molecule has 0 spiro atoms. The zero-order valence-electron chi connectivity index (χ0n) is 11.9. The van der Waals surface area contributed by atoms with E-state index >= 15 is 0 Å². The predicted octanol–water partition coefficient (Wildman–Crippen LogP) is 2.06. The molecule has 18 heavy (non-hydrogen) atoms. The highest BCUT2D eigenvalue weighted by Crippen LogP contribution is 2.37. The van der Waals surface area contributed by atoms with E-state index in [2.05, 4.69) is 62.4 Å². The highest BCUT2D eigenvalue weighted by atomic mass is 15.2. The average Bonchev–Trinajstić information content (AvgIpc) is 2.65. The second kappa shape index (κ2) is 5.00. The highest BCUT2D eigenvalue weighted by molar-refractivity contribution is 5.37. The lowest BCUT2D eigenvalue weighted by molar-refractivity contribution is 0.183. The zero-order valence-corrected chi connectivity index (χ0v) is 11.9. The van der Waals surface area contributed by atoms with Crippen molar-refractivity contribution in [2.45, 2.75) is 37.9 Å². The van der Waals surface area contributed by atoms with E-state index in [1.165, 1.54) is 11.1 Å². The lowest BCUT2D eigenvalue weighted by Crippen LogP contribution is -2.47. The van der Waals surface area contributed by atoms with Gasteiger partial charge >= 0.3 is 0 Å². The molecule has 0 aromatic heterocycles. The molecule has 2 rings (SSSR count). The quantitative estimate of drug-likeness (QED) is 0.856. The normalized spacial score (nSPS) is 23.4. The number of likely N-dealkylation sites (N-methyl/N-ethyl adjacent to an activating group) is 1. The van der Waals surface area contributed by atoms with E-state index < -0.39 is 0 Å². The Morgan fingerprint density at radius 2 is 1.89 bits per heavy atom. The Balaban J connectivity index is 2.05. The van der Waals surface area contributed by atoms with Crippen LogP contribution in [-0.2, 0) is 0 Å². The molecule has 3 nitrogen and oxygen atoms in total. The van der Waals surface area contributed by atoms with E-state index in [4.69, 9.17) is 5.73 Å². The second-order valence-corrected chi connectivity index (χ2v) is 6.11. The van der Waals surface area contributed by atoms with E-state index in [0.717, 1.165) is 13.0 Å². The number of rotatable bonds is 4. The molecule has 0 bridgehead atoms. The van der Waals surface area contributed by atoms with E-state index in [0.29, 0.717) is 6.04 Å². The maximum Gasteiger partial charge on any atom is 0.0342 e. The molecule has 3 N–H and O–H groups in total. The van der Waals surface area contributed by atoms with Crippen LogP contribution in [0, 0.1) is 0 Å². The van der Waals surface area contributed by atoms with Gasteiger partial charge in [0.2, 0.25) is 0 Å². The number of nitrogens with one attached hydrogen (secondary N) is 1. The summed E-state index contributed by atoms with van der Waals surface area (Å²) < 4.78 is 0. The van der Waals surface area contributed by atoms with Crippen LogP contribution in [0.25, 0.3) is 0 Å².